The van der Waals surface area contributed by atoms with Crippen molar-refractivity contribution >= 4 is 11.6 Å². The van der Waals surface area contributed by atoms with E-state index in [4.69, 9.17) is 4.74 Å². The van der Waals surface area contributed by atoms with E-state index >= 15 is 0 Å². The van der Waals surface area contributed by atoms with Crippen molar-refractivity contribution in [2.45, 2.75) is 25.4 Å². The number of rotatable bonds is 3. The molecule has 3 rings (SSSR count). The van der Waals surface area contributed by atoms with E-state index < -0.39 is 11.7 Å². The van der Waals surface area contributed by atoms with Gasteiger partial charge in [0.05, 0.1) is 19.1 Å². The maximum atomic E-state index is 12.9. The van der Waals surface area contributed by atoms with E-state index in [0.717, 1.165) is 17.7 Å². The van der Waals surface area contributed by atoms with E-state index in [1.165, 1.54) is 6.07 Å². The molecule has 2 aromatic carbocycles. The Kier molecular flexibility index (Phi) is 4.70. The summed E-state index contributed by atoms with van der Waals surface area (Å²) in [5, 5.41) is 0. The Morgan fingerprint density at radius 1 is 1.16 bits per heavy atom. The molecular formula is C19H18F3NO2. The molecule has 0 saturated heterocycles. The first-order valence-electron chi connectivity index (χ1n) is 8.02. The summed E-state index contributed by atoms with van der Waals surface area (Å²) in [6.45, 7) is 0.521. The first-order valence-corrected chi connectivity index (χ1v) is 8.02. The van der Waals surface area contributed by atoms with E-state index in [9.17, 15) is 18.0 Å². The van der Waals surface area contributed by atoms with Gasteiger partial charge in [-0.2, -0.15) is 13.2 Å². The van der Waals surface area contributed by atoms with Crippen LogP contribution in [-0.4, -0.2) is 19.6 Å². The summed E-state index contributed by atoms with van der Waals surface area (Å²) in [6, 6.07) is 10.8. The molecule has 6 heteroatoms. The number of anilines is 1. The second-order valence-electron chi connectivity index (χ2n) is 6.02. The fourth-order valence-electron chi connectivity index (χ4n) is 3.05. The van der Waals surface area contributed by atoms with Crippen LogP contribution in [0.3, 0.4) is 0 Å². The average Bonchev–Trinajstić information content (AvgIpc) is 2.60. The van der Waals surface area contributed by atoms with E-state index in [-0.39, 0.29) is 12.3 Å². The van der Waals surface area contributed by atoms with Gasteiger partial charge in [0, 0.05) is 12.2 Å². The quantitative estimate of drug-likeness (QED) is 0.830. The summed E-state index contributed by atoms with van der Waals surface area (Å²) >= 11 is 0. The summed E-state index contributed by atoms with van der Waals surface area (Å²) in [6.07, 6.45) is -2.97. The van der Waals surface area contributed by atoms with Gasteiger partial charge in [0.15, 0.2) is 0 Å². The van der Waals surface area contributed by atoms with Crippen LogP contribution in [0.15, 0.2) is 42.5 Å². The lowest BCUT2D eigenvalue weighted by Gasteiger charge is -2.30. The van der Waals surface area contributed by atoms with Crippen LogP contribution in [-0.2, 0) is 23.8 Å². The zero-order valence-corrected chi connectivity index (χ0v) is 13.8. The predicted octanol–water partition coefficient (Wildman–Crippen LogP) is 4.24. The summed E-state index contributed by atoms with van der Waals surface area (Å²) in [4.78, 5) is 14.2. The van der Waals surface area contributed by atoms with Crippen molar-refractivity contribution in [2.24, 2.45) is 0 Å². The first kappa shape index (κ1) is 17.3. The van der Waals surface area contributed by atoms with Gasteiger partial charge in [0.1, 0.15) is 5.75 Å². The van der Waals surface area contributed by atoms with Crippen molar-refractivity contribution in [3.05, 3.63) is 59.2 Å². The third-order valence-electron chi connectivity index (χ3n) is 4.34. The zero-order valence-electron chi connectivity index (χ0n) is 13.8. The Hall–Kier alpha value is -2.50. The summed E-state index contributed by atoms with van der Waals surface area (Å²) in [5.74, 6) is 0.588. The van der Waals surface area contributed by atoms with E-state index in [2.05, 4.69) is 0 Å². The number of aryl methyl sites for hydroxylation is 1. The Bertz CT molecular complexity index is 769. The second-order valence-corrected chi connectivity index (χ2v) is 6.02. The number of alkyl halides is 3. The van der Waals surface area contributed by atoms with E-state index in [1.54, 1.807) is 24.1 Å². The van der Waals surface area contributed by atoms with E-state index in [0.29, 0.717) is 36.4 Å². The number of hydrogen-bond acceptors (Lipinski definition) is 2. The molecule has 132 valence electrons. The number of carbonyl (C=O) groups excluding carboxylic acids is 1. The maximum Gasteiger partial charge on any atom is 0.416 e. The minimum absolute atomic E-state index is 0.120. The normalized spacial score (nSPS) is 14.2. The van der Waals surface area contributed by atoms with Crippen molar-refractivity contribution < 1.29 is 22.7 Å². The van der Waals surface area contributed by atoms with Crippen LogP contribution < -0.4 is 9.64 Å². The van der Waals surface area contributed by atoms with Crippen LogP contribution in [0.1, 0.15) is 23.1 Å². The van der Waals surface area contributed by atoms with Gasteiger partial charge in [-0.1, -0.05) is 12.1 Å². The molecule has 0 spiro atoms. The molecule has 0 aliphatic carbocycles. The molecule has 25 heavy (non-hydrogen) atoms. The van der Waals surface area contributed by atoms with Gasteiger partial charge < -0.3 is 9.64 Å². The van der Waals surface area contributed by atoms with Crippen LogP contribution in [0.2, 0.25) is 0 Å². The predicted molar refractivity (Wildman–Crippen MR) is 88.8 cm³/mol. The Labute approximate surface area is 144 Å². The van der Waals surface area contributed by atoms with Crippen LogP contribution in [0.5, 0.6) is 5.75 Å². The molecule has 0 atom stereocenters. The number of methoxy groups -OCH3 is 1. The number of ether oxygens (including phenoxy) is 1. The molecule has 0 fully saturated rings. The lowest BCUT2D eigenvalue weighted by Crippen LogP contribution is -2.36. The highest BCUT2D eigenvalue weighted by Gasteiger charge is 2.32. The molecule has 0 saturated carbocycles. The molecule has 0 radical (unpaired) electrons. The highest BCUT2D eigenvalue weighted by atomic mass is 19.4. The van der Waals surface area contributed by atoms with Gasteiger partial charge in [0.25, 0.3) is 0 Å². The molecule has 1 aliphatic rings. The van der Waals surface area contributed by atoms with Crippen molar-refractivity contribution in [1.29, 1.82) is 0 Å². The number of halogens is 3. The third kappa shape index (κ3) is 3.78. The summed E-state index contributed by atoms with van der Waals surface area (Å²) in [7, 11) is 1.57. The van der Waals surface area contributed by atoms with Gasteiger partial charge in [-0.15, -0.1) is 0 Å². The number of hydrogen-bond donors (Lipinski definition) is 0. The number of benzene rings is 2. The highest BCUT2D eigenvalue weighted by Crippen LogP contribution is 2.35. The minimum atomic E-state index is -4.37. The van der Waals surface area contributed by atoms with Gasteiger partial charge >= 0.3 is 6.18 Å². The first-order chi connectivity index (χ1) is 11.9. The largest absolute Gasteiger partial charge is 0.497 e. The van der Waals surface area contributed by atoms with Gasteiger partial charge in [0.2, 0.25) is 5.91 Å². The molecular weight excluding hydrogens is 331 g/mol. The molecule has 1 amide bonds. The third-order valence-corrected chi connectivity index (χ3v) is 4.34. The summed E-state index contributed by atoms with van der Waals surface area (Å²) < 4.78 is 43.7. The molecule has 0 N–H and O–H groups in total. The molecule has 2 aromatic rings. The zero-order chi connectivity index (χ0) is 18.0. The highest BCUT2D eigenvalue weighted by molar-refractivity contribution is 5.96. The summed E-state index contributed by atoms with van der Waals surface area (Å²) in [5.41, 5.74) is 1.32. The topological polar surface area (TPSA) is 29.5 Å². The van der Waals surface area contributed by atoms with Crippen LogP contribution in [0.4, 0.5) is 18.9 Å². The lowest BCUT2D eigenvalue weighted by atomic mass is 9.98. The van der Waals surface area contributed by atoms with E-state index in [1.807, 2.05) is 12.1 Å². The fourth-order valence-corrected chi connectivity index (χ4v) is 3.05. The van der Waals surface area contributed by atoms with Gasteiger partial charge in [-0.05, 0) is 54.3 Å². The number of fused-ring (bicyclic) bond motifs is 1. The van der Waals surface area contributed by atoms with Crippen molar-refractivity contribution in [3.63, 3.8) is 0 Å². The van der Waals surface area contributed by atoms with Crippen molar-refractivity contribution in [3.8, 4) is 5.75 Å². The molecule has 1 heterocycles. The Morgan fingerprint density at radius 3 is 2.52 bits per heavy atom. The Balaban J connectivity index is 1.80. The molecule has 0 aromatic heterocycles. The minimum Gasteiger partial charge on any atom is -0.497 e. The fraction of sp³-hybridized carbons (Fsp3) is 0.316. The number of carbonyl (C=O) groups is 1. The molecule has 0 bridgehead atoms. The molecule has 3 nitrogen and oxygen atoms in total. The van der Waals surface area contributed by atoms with Crippen LogP contribution >= 0.6 is 0 Å². The second kappa shape index (κ2) is 6.78. The van der Waals surface area contributed by atoms with Gasteiger partial charge in [-0.3, -0.25) is 4.79 Å². The smallest absolute Gasteiger partial charge is 0.416 e. The molecule has 1 aliphatic heterocycles. The average molecular weight is 349 g/mol. The van der Waals surface area contributed by atoms with Crippen LogP contribution in [0.25, 0.3) is 0 Å². The Morgan fingerprint density at radius 2 is 1.88 bits per heavy atom. The standard InChI is InChI=1S/C19H18F3NO2/c1-25-16-7-4-13(5-8-16)11-18(24)23-10-2-3-14-12-15(19(20,21)22)6-9-17(14)23/h4-9,12H,2-3,10-11H2,1H3. The number of amides is 1. The maximum absolute atomic E-state index is 12.9. The number of nitrogens with zero attached hydrogens (tertiary/aromatic N) is 1. The van der Waals surface area contributed by atoms with Crippen molar-refractivity contribution in [2.75, 3.05) is 18.6 Å². The SMILES string of the molecule is COc1ccc(CC(=O)N2CCCc3cc(C(F)(F)F)ccc32)cc1. The monoisotopic (exact) mass is 349 g/mol. The molecule has 0 unspecified atom stereocenters. The van der Waals surface area contributed by atoms with Gasteiger partial charge in [-0.25, -0.2) is 0 Å². The van der Waals surface area contributed by atoms with Crippen molar-refractivity contribution in [1.82, 2.24) is 0 Å². The lowest BCUT2D eigenvalue weighted by molar-refractivity contribution is -0.137. The van der Waals surface area contributed by atoms with Crippen LogP contribution in [0, 0.1) is 0 Å².